The molecule has 0 spiro atoms. The van der Waals surface area contributed by atoms with Crippen LogP contribution in [-0.4, -0.2) is 29.0 Å². The van der Waals surface area contributed by atoms with Crippen molar-refractivity contribution in [3.8, 4) is 0 Å². The van der Waals surface area contributed by atoms with Crippen molar-refractivity contribution < 1.29 is 4.79 Å². The summed E-state index contributed by atoms with van der Waals surface area (Å²) >= 11 is 0. The number of amides is 1. The summed E-state index contributed by atoms with van der Waals surface area (Å²) in [6, 6.07) is 11.6. The molecule has 0 saturated carbocycles. The summed E-state index contributed by atoms with van der Waals surface area (Å²) in [6.07, 6.45) is 2.39. The van der Waals surface area contributed by atoms with Gasteiger partial charge in [-0.15, -0.1) is 0 Å². The van der Waals surface area contributed by atoms with Crippen molar-refractivity contribution in [2.45, 2.75) is 33.2 Å². The lowest BCUT2D eigenvalue weighted by Crippen LogP contribution is -2.36. The van der Waals surface area contributed by atoms with Crippen molar-refractivity contribution in [1.29, 1.82) is 0 Å². The van der Waals surface area contributed by atoms with E-state index in [1.165, 1.54) is 6.42 Å². The number of aryl methyl sites for hydroxylation is 1. The Bertz CT molecular complexity index is 702. The Labute approximate surface area is 143 Å². The number of carbonyl (C=O) groups is 1. The first-order valence-corrected chi connectivity index (χ1v) is 8.54. The van der Waals surface area contributed by atoms with Gasteiger partial charge < -0.3 is 10.2 Å². The number of nitrogens with zero attached hydrogens (tertiary/aromatic N) is 3. The zero-order valence-electron chi connectivity index (χ0n) is 14.3. The third-order valence-corrected chi connectivity index (χ3v) is 4.31. The van der Waals surface area contributed by atoms with Crippen LogP contribution >= 0.6 is 0 Å². The Kier molecular flexibility index (Phi) is 5.08. The number of hydrogen-bond acceptors (Lipinski definition) is 4. The SMILES string of the molecule is Cc1cc(C(=O)NCc2ccccc2)nc(N2CCCC(C)C2)n1. The summed E-state index contributed by atoms with van der Waals surface area (Å²) in [6.45, 7) is 6.56. The highest BCUT2D eigenvalue weighted by Gasteiger charge is 2.20. The van der Waals surface area contributed by atoms with Gasteiger partial charge in [0.2, 0.25) is 5.95 Å². The van der Waals surface area contributed by atoms with Crippen LogP contribution in [0.3, 0.4) is 0 Å². The molecule has 1 aromatic heterocycles. The van der Waals surface area contributed by atoms with E-state index >= 15 is 0 Å². The number of rotatable bonds is 4. The normalized spacial score (nSPS) is 17.6. The predicted molar refractivity (Wildman–Crippen MR) is 95.0 cm³/mol. The molecule has 0 aliphatic carbocycles. The third-order valence-electron chi connectivity index (χ3n) is 4.31. The van der Waals surface area contributed by atoms with E-state index in [2.05, 4.69) is 27.1 Å². The summed E-state index contributed by atoms with van der Waals surface area (Å²) in [4.78, 5) is 23.7. The van der Waals surface area contributed by atoms with Crippen molar-refractivity contribution >= 4 is 11.9 Å². The molecule has 1 N–H and O–H groups in total. The number of piperidine rings is 1. The van der Waals surface area contributed by atoms with Gasteiger partial charge in [0, 0.05) is 25.3 Å². The van der Waals surface area contributed by atoms with Gasteiger partial charge in [-0.2, -0.15) is 0 Å². The fourth-order valence-electron chi connectivity index (χ4n) is 3.05. The van der Waals surface area contributed by atoms with Crippen LogP contribution in [0.4, 0.5) is 5.95 Å². The van der Waals surface area contributed by atoms with Crippen LogP contribution in [-0.2, 0) is 6.54 Å². The highest BCUT2D eigenvalue weighted by molar-refractivity contribution is 5.92. The zero-order valence-corrected chi connectivity index (χ0v) is 14.3. The van der Waals surface area contributed by atoms with Gasteiger partial charge >= 0.3 is 0 Å². The lowest BCUT2D eigenvalue weighted by atomic mass is 10.0. The molecule has 5 nitrogen and oxygen atoms in total. The smallest absolute Gasteiger partial charge is 0.270 e. The van der Waals surface area contributed by atoms with E-state index < -0.39 is 0 Å². The van der Waals surface area contributed by atoms with E-state index in [0.29, 0.717) is 24.1 Å². The molecule has 2 aromatic rings. The second-order valence-electron chi connectivity index (χ2n) is 6.56. The number of carbonyl (C=O) groups excluding carboxylic acids is 1. The van der Waals surface area contributed by atoms with Gasteiger partial charge in [-0.1, -0.05) is 37.3 Å². The van der Waals surface area contributed by atoms with Crippen LogP contribution in [0, 0.1) is 12.8 Å². The molecule has 1 saturated heterocycles. The standard InChI is InChI=1S/C19H24N4O/c1-14-7-6-10-23(13-14)19-21-15(2)11-17(22-19)18(24)20-12-16-8-4-3-5-9-16/h3-5,8-9,11,14H,6-7,10,12-13H2,1-2H3,(H,20,24). The second kappa shape index (κ2) is 7.43. The van der Waals surface area contributed by atoms with E-state index in [4.69, 9.17) is 0 Å². The molecule has 24 heavy (non-hydrogen) atoms. The number of hydrogen-bond donors (Lipinski definition) is 1. The molecule has 0 bridgehead atoms. The molecule has 1 unspecified atom stereocenters. The predicted octanol–water partition coefficient (Wildman–Crippen LogP) is 2.95. The van der Waals surface area contributed by atoms with Gasteiger partial charge in [0.05, 0.1) is 0 Å². The Morgan fingerprint density at radius 1 is 1.29 bits per heavy atom. The van der Waals surface area contributed by atoms with Crippen molar-refractivity contribution in [2.75, 3.05) is 18.0 Å². The van der Waals surface area contributed by atoms with Crippen LogP contribution < -0.4 is 10.2 Å². The van der Waals surface area contributed by atoms with E-state index in [9.17, 15) is 4.79 Å². The topological polar surface area (TPSA) is 58.1 Å². The molecule has 0 radical (unpaired) electrons. The molecule has 2 heterocycles. The average molecular weight is 324 g/mol. The second-order valence-corrected chi connectivity index (χ2v) is 6.56. The summed E-state index contributed by atoms with van der Waals surface area (Å²) < 4.78 is 0. The number of aromatic nitrogens is 2. The zero-order chi connectivity index (χ0) is 16.9. The van der Waals surface area contributed by atoms with Crippen molar-refractivity contribution in [3.63, 3.8) is 0 Å². The molecule has 1 aliphatic heterocycles. The third kappa shape index (κ3) is 4.10. The first-order valence-electron chi connectivity index (χ1n) is 8.54. The van der Waals surface area contributed by atoms with Crippen molar-refractivity contribution in [2.24, 2.45) is 5.92 Å². The summed E-state index contributed by atoms with van der Waals surface area (Å²) in [5.41, 5.74) is 2.33. The first kappa shape index (κ1) is 16.4. The number of anilines is 1. The van der Waals surface area contributed by atoms with Crippen LogP contribution in [0.25, 0.3) is 0 Å². The Hall–Kier alpha value is -2.43. The minimum absolute atomic E-state index is 0.157. The molecule has 1 atom stereocenters. The molecule has 1 amide bonds. The molecule has 1 aromatic carbocycles. The first-order chi connectivity index (χ1) is 11.6. The lowest BCUT2D eigenvalue weighted by molar-refractivity contribution is 0.0945. The van der Waals surface area contributed by atoms with Crippen LogP contribution in [0.1, 0.15) is 41.5 Å². The van der Waals surface area contributed by atoms with E-state index in [0.717, 1.165) is 30.8 Å². The van der Waals surface area contributed by atoms with Gasteiger partial charge in [-0.3, -0.25) is 4.79 Å². The van der Waals surface area contributed by atoms with Gasteiger partial charge in [0.15, 0.2) is 0 Å². The summed E-state index contributed by atoms with van der Waals surface area (Å²) in [5, 5.41) is 2.93. The van der Waals surface area contributed by atoms with E-state index in [1.54, 1.807) is 6.07 Å². The number of benzene rings is 1. The van der Waals surface area contributed by atoms with Gasteiger partial charge in [-0.25, -0.2) is 9.97 Å². The van der Waals surface area contributed by atoms with Gasteiger partial charge in [0.1, 0.15) is 5.69 Å². The lowest BCUT2D eigenvalue weighted by Gasteiger charge is -2.31. The van der Waals surface area contributed by atoms with Gasteiger partial charge in [-0.05, 0) is 37.3 Å². The molecule has 1 fully saturated rings. The highest BCUT2D eigenvalue weighted by Crippen LogP contribution is 2.20. The van der Waals surface area contributed by atoms with Crippen molar-refractivity contribution in [1.82, 2.24) is 15.3 Å². The monoisotopic (exact) mass is 324 g/mol. The minimum atomic E-state index is -0.157. The van der Waals surface area contributed by atoms with Gasteiger partial charge in [0.25, 0.3) is 5.91 Å². The molecule has 3 rings (SSSR count). The fraction of sp³-hybridized carbons (Fsp3) is 0.421. The summed E-state index contributed by atoms with van der Waals surface area (Å²) in [5.74, 6) is 1.15. The minimum Gasteiger partial charge on any atom is -0.347 e. The number of nitrogens with one attached hydrogen (secondary N) is 1. The van der Waals surface area contributed by atoms with Crippen LogP contribution in [0.15, 0.2) is 36.4 Å². The largest absolute Gasteiger partial charge is 0.347 e. The maximum absolute atomic E-state index is 12.4. The Morgan fingerprint density at radius 3 is 2.83 bits per heavy atom. The summed E-state index contributed by atoms with van der Waals surface area (Å²) in [7, 11) is 0. The fourth-order valence-corrected chi connectivity index (χ4v) is 3.05. The molecule has 5 heteroatoms. The quantitative estimate of drug-likeness (QED) is 0.939. The van der Waals surface area contributed by atoms with Crippen LogP contribution in [0.2, 0.25) is 0 Å². The average Bonchev–Trinajstić information content (AvgIpc) is 2.60. The maximum Gasteiger partial charge on any atom is 0.270 e. The Morgan fingerprint density at radius 2 is 2.08 bits per heavy atom. The highest BCUT2D eigenvalue weighted by atomic mass is 16.1. The van der Waals surface area contributed by atoms with E-state index in [1.807, 2.05) is 37.3 Å². The molecular formula is C19H24N4O. The molecule has 1 aliphatic rings. The maximum atomic E-state index is 12.4. The van der Waals surface area contributed by atoms with E-state index in [-0.39, 0.29) is 5.91 Å². The molecular weight excluding hydrogens is 300 g/mol. The van der Waals surface area contributed by atoms with Crippen LogP contribution in [0.5, 0.6) is 0 Å². The van der Waals surface area contributed by atoms with Crippen molar-refractivity contribution in [3.05, 3.63) is 53.3 Å². The molecule has 126 valence electrons. The Balaban J connectivity index is 1.72.